The first-order chi connectivity index (χ1) is 10.6. The number of carbonyl (C=O) groups excluding carboxylic acids is 1. The molecule has 124 valence electrons. The van der Waals surface area contributed by atoms with E-state index in [9.17, 15) is 4.79 Å². The van der Waals surface area contributed by atoms with E-state index in [0.717, 1.165) is 30.2 Å². The Bertz CT molecular complexity index is 481. The SMILES string of the molecule is CO[C@H](C)c1nc(CNC(=O)N2CCCC[C@H](SC)C2)cs1. The van der Waals surface area contributed by atoms with E-state index in [0.29, 0.717) is 11.8 Å². The zero-order chi connectivity index (χ0) is 15.9. The van der Waals surface area contributed by atoms with Gasteiger partial charge in [-0.3, -0.25) is 0 Å². The molecule has 0 spiro atoms. The molecule has 1 N–H and O–H groups in total. The molecule has 1 aromatic heterocycles. The molecule has 7 heteroatoms. The van der Waals surface area contributed by atoms with Crippen LogP contribution in [0.1, 0.15) is 43.0 Å². The van der Waals surface area contributed by atoms with Gasteiger partial charge in [0.05, 0.1) is 12.2 Å². The largest absolute Gasteiger partial charge is 0.375 e. The van der Waals surface area contributed by atoms with Gasteiger partial charge in [-0.05, 0) is 26.0 Å². The average molecular weight is 344 g/mol. The van der Waals surface area contributed by atoms with E-state index >= 15 is 0 Å². The Balaban J connectivity index is 1.85. The fourth-order valence-electron chi connectivity index (χ4n) is 2.45. The highest BCUT2D eigenvalue weighted by Crippen LogP contribution is 2.21. The molecule has 0 bridgehead atoms. The van der Waals surface area contributed by atoms with Crippen molar-refractivity contribution in [2.75, 3.05) is 26.5 Å². The van der Waals surface area contributed by atoms with Crippen molar-refractivity contribution in [1.82, 2.24) is 15.2 Å². The summed E-state index contributed by atoms with van der Waals surface area (Å²) in [4.78, 5) is 18.8. The topological polar surface area (TPSA) is 54.5 Å². The highest BCUT2D eigenvalue weighted by molar-refractivity contribution is 7.99. The minimum atomic E-state index is 0.00222. The van der Waals surface area contributed by atoms with Gasteiger partial charge in [0.1, 0.15) is 11.1 Å². The molecule has 2 atom stereocenters. The van der Waals surface area contributed by atoms with Gasteiger partial charge in [0.15, 0.2) is 0 Å². The molecule has 0 unspecified atom stereocenters. The number of nitrogens with zero attached hydrogens (tertiary/aromatic N) is 2. The fourth-order valence-corrected chi connectivity index (χ4v) is 4.03. The molecule has 2 rings (SSSR count). The zero-order valence-electron chi connectivity index (χ0n) is 13.5. The molecule has 0 aromatic carbocycles. The number of thioether (sulfide) groups is 1. The lowest BCUT2D eigenvalue weighted by Crippen LogP contribution is -2.42. The van der Waals surface area contributed by atoms with Gasteiger partial charge in [-0.15, -0.1) is 11.3 Å². The van der Waals surface area contributed by atoms with Crippen LogP contribution >= 0.6 is 23.1 Å². The predicted molar refractivity (Wildman–Crippen MR) is 92.5 cm³/mol. The quantitative estimate of drug-likeness (QED) is 0.891. The van der Waals surface area contributed by atoms with Gasteiger partial charge in [-0.2, -0.15) is 11.8 Å². The monoisotopic (exact) mass is 343 g/mol. The van der Waals surface area contributed by atoms with Crippen LogP contribution in [0.4, 0.5) is 4.79 Å². The van der Waals surface area contributed by atoms with Gasteiger partial charge in [-0.25, -0.2) is 9.78 Å². The van der Waals surface area contributed by atoms with Crippen LogP contribution < -0.4 is 5.32 Å². The summed E-state index contributed by atoms with van der Waals surface area (Å²) in [6.45, 7) is 4.15. The molecule has 1 saturated heterocycles. The van der Waals surface area contributed by atoms with E-state index in [1.807, 2.05) is 29.0 Å². The second-order valence-electron chi connectivity index (χ2n) is 5.51. The molecule has 5 nitrogen and oxygen atoms in total. The molecule has 1 fully saturated rings. The molecule has 0 saturated carbocycles. The minimum absolute atomic E-state index is 0.00222. The molecular weight excluding hydrogens is 318 g/mol. The number of amides is 2. The second-order valence-corrected chi connectivity index (χ2v) is 7.54. The first-order valence-electron chi connectivity index (χ1n) is 7.66. The van der Waals surface area contributed by atoms with Gasteiger partial charge in [-0.1, -0.05) is 6.42 Å². The fraction of sp³-hybridized carbons (Fsp3) is 0.733. The summed E-state index contributed by atoms with van der Waals surface area (Å²) in [5.74, 6) is 0. The summed E-state index contributed by atoms with van der Waals surface area (Å²) in [6, 6.07) is 0.0234. The summed E-state index contributed by atoms with van der Waals surface area (Å²) < 4.78 is 5.26. The van der Waals surface area contributed by atoms with Crippen molar-refractivity contribution in [1.29, 1.82) is 0 Å². The number of methoxy groups -OCH3 is 1. The minimum Gasteiger partial charge on any atom is -0.375 e. The van der Waals surface area contributed by atoms with Crippen LogP contribution in [0.2, 0.25) is 0 Å². The van der Waals surface area contributed by atoms with E-state index in [1.54, 1.807) is 18.4 Å². The molecule has 1 aliphatic heterocycles. The highest BCUT2D eigenvalue weighted by Gasteiger charge is 2.21. The normalized spacial score (nSPS) is 20.5. The first kappa shape index (κ1) is 17.6. The Morgan fingerprint density at radius 2 is 2.45 bits per heavy atom. The van der Waals surface area contributed by atoms with Crippen LogP contribution in [0.3, 0.4) is 0 Å². The second kappa shape index (κ2) is 8.74. The summed E-state index contributed by atoms with van der Waals surface area (Å²) in [7, 11) is 1.68. The molecule has 2 heterocycles. The van der Waals surface area contributed by atoms with E-state index in [2.05, 4.69) is 16.6 Å². The summed E-state index contributed by atoms with van der Waals surface area (Å²) in [6.07, 6.45) is 5.63. The predicted octanol–water partition coefficient (Wildman–Crippen LogP) is 3.28. The van der Waals surface area contributed by atoms with Gasteiger partial charge >= 0.3 is 6.03 Å². The lowest BCUT2D eigenvalue weighted by Gasteiger charge is -2.23. The Labute approximate surface area is 140 Å². The molecular formula is C15H25N3O2S2. The molecule has 1 aliphatic rings. The Morgan fingerprint density at radius 1 is 1.64 bits per heavy atom. The van der Waals surface area contributed by atoms with E-state index < -0.39 is 0 Å². The van der Waals surface area contributed by atoms with Gasteiger partial charge in [0, 0.05) is 30.8 Å². The van der Waals surface area contributed by atoms with Crippen molar-refractivity contribution in [3.05, 3.63) is 16.1 Å². The van der Waals surface area contributed by atoms with Crippen LogP contribution in [0.25, 0.3) is 0 Å². The third-order valence-corrected chi connectivity index (χ3v) is 6.05. The van der Waals surface area contributed by atoms with Crippen molar-refractivity contribution >= 4 is 29.1 Å². The van der Waals surface area contributed by atoms with Crippen LogP contribution in [0, 0.1) is 0 Å². The van der Waals surface area contributed by atoms with Crippen molar-refractivity contribution < 1.29 is 9.53 Å². The number of nitrogens with one attached hydrogen (secondary N) is 1. The number of thiazole rings is 1. The molecule has 0 aliphatic carbocycles. The van der Waals surface area contributed by atoms with Crippen LogP contribution in [0.5, 0.6) is 0 Å². The van der Waals surface area contributed by atoms with Crippen molar-refractivity contribution in [3.63, 3.8) is 0 Å². The smallest absolute Gasteiger partial charge is 0.317 e. The van der Waals surface area contributed by atoms with Crippen molar-refractivity contribution in [3.8, 4) is 0 Å². The maximum atomic E-state index is 12.3. The number of hydrogen-bond donors (Lipinski definition) is 1. The zero-order valence-corrected chi connectivity index (χ0v) is 15.1. The molecule has 22 heavy (non-hydrogen) atoms. The Kier molecular flexibility index (Phi) is 6.98. The first-order valence-corrected chi connectivity index (χ1v) is 9.83. The Hall–Kier alpha value is -0.790. The Morgan fingerprint density at radius 3 is 3.18 bits per heavy atom. The summed E-state index contributed by atoms with van der Waals surface area (Å²) in [5.41, 5.74) is 0.897. The lowest BCUT2D eigenvalue weighted by atomic mass is 10.2. The third-order valence-electron chi connectivity index (χ3n) is 3.94. The van der Waals surface area contributed by atoms with Crippen molar-refractivity contribution in [2.45, 2.75) is 44.1 Å². The number of ether oxygens (including phenoxy) is 1. The summed E-state index contributed by atoms with van der Waals surface area (Å²) >= 11 is 3.43. The number of hydrogen-bond acceptors (Lipinski definition) is 5. The van der Waals surface area contributed by atoms with Gasteiger partial charge in [0.2, 0.25) is 0 Å². The van der Waals surface area contributed by atoms with E-state index in [4.69, 9.17) is 4.74 Å². The standard InChI is InChI=1S/C15H25N3O2S2/c1-11(20-2)14-17-12(10-22-14)8-16-15(19)18-7-5-4-6-13(9-18)21-3/h10-11,13H,4-9H2,1-3H3,(H,16,19)/t11-,13+/m1/s1. The average Bonchev–Trinajstić information content (AvgIpc) is 2.88. The number of likely N-dealkylation sites (tertiary alicyclic amines) is 1. The van der Waals surface area contributed by atoms with Gasteiger partial charge < -0.3 is 15.0 Å². The number of aromatic nitrogens is 1. The number of carbonyl (C=O) groups is 1. The number of urea groups is 1. The van der Waals surface area contributed by atoms with Crippen molar-refractivity contribution in [2.24, 2.45) is 0 Å². The molecule has 1 aromatic rings. The molecule has 0 radical (unpaired) electrons. The van der Waals surface area contributed by atoms with Crippen LogP contribution in [-0.2, 0) is 11.3 Å². The molecule has 2 amide bonds. The number of rotatable bonds is 5. The van der Waals surface area contributed by atoms with Crippen LogP contribution in [0.15, 0.2) is 5.38 Å². The lowest BCUT2D eigenvalue weighted by molar-refractivity contribution is 0.119. The van der Waals surface area contributed by atoms with Gasteiger partial charge in [0.25, 0.3) is 0 Å². The third kappa shape index (κ3) is 4.86. The van der Waals surface area contributed by atoms with Crippen LogP contribution in [-0.4, -0.2) is 47.6 Å². The van der Waals surface area contributed by atoms with E-state index in [1.165, 1.54) is 12.8 Å². The maximum Gasteiger partial charge on any atom is 0.317 e. The summed E-state index contributed by atoms with van der Waals surface area (Å²) in [5, 5.41) is 6.48. The highest BCUT2D eigenvalue weighted by atomic mass is 32.2. The van der Waals surface area contributed by atoms with E-state index in [-0.39, 0.29) is 12.1 Å². The maximum absolute atomic E-state index is 12.3.